The second-order valence-corrected chi connectivity index (χ2v) is 4.21. The largest absolute Gasteiger partial charge is 0.465 e. The minimum atomic E-state index is -0.201. The molecule has 0 atom stereocenters. The van der Waals surface area contributed by atoms with E-state index in [0.717, 1.165) is 5.69 Å². The fourth-order valence-corrected chi connectivity index (χ4v) is 1.71. The first-order chi connectivity index (χ1) is 9.20. The fourth-order valence-electron chi connectivity index (χ4n) is 1.53. The lowest BCUT2D eigenvalue weighted by Gasteiger charge is -2.03. The molecule has 0 aliphatic heterocycles. The number of likely N-dealkylation sites (N-methyl/N-ethyl adjacent to an activating group) is 1. The Morgan fingerprint density at radius 1 is 1.42 bits per heavy atom. The molecule has 1 aromatic heterocycles. The monoisotopic (exact) mass is 279 g/mol. The number of halogens is 1. The Bertz CT molecular complexity index is 554. The molecule has 100 valence electrons. The van der Waals surface area contributed by atoms with Gasteiger partial charge in [-0.25, -0.2) is 4.68 Å². The maximum absolute atomic E-state index is 11.3. The third-order valence-corrected chi connectivity index (χ3v) is 2.63. The number of nitrogens with one attached hydrogen (secondary N) is 1. The lowest BCUT2D eigenvalue weighted by atomic mass is 10.3. The van der Waals surface area contributed by atoms with Gasteiger partial charge in [0.1, 0.15) is 5.02 Å². The zero-order valence-electron chi connectivity index (χ0n) is 10.5. The van der Waals surface area contributed by atoms with Crippen molar-refractivity contribution in [3.8, 4) is 11.6 Å². The maximum atomic E-state index is 11.3. The van der Waals surface area contributed by atoms with Gasteiger partial charge < -0.3 is 10.1 Å². The summed E-state index contributed by atoms with van der Waals surface area (Å²) in [5.41, 5.74) is 0.872. The van der Waals surface area contributed by atoms with Crippen molar-refractivity contribution >= 4 is 17.5 Å². The average molecular weight is 280 g/mol. The van der Waals surface area contributed by atoms with Gasteiger partial charge in [-0.15, -0.1) is 5.10 Å². The van der Waals surface area contributed by atoms with Gasteiger partial charge in [0.05, 0.1) is 11.9 Å². The van der Waals surface area contributed by atoms with Gasteiger partial charge in [-0.2, -0.15) is 0 Å². The highest BCUT2D eigenvalue weighted by Crippen LogP contribution is 2.23. The van der Waals surface area contributed by atoms with Gasteiger partial charge in [-0.1, -0.05) is 29.8 Å². The lowest BCUT2D eigenvalue weighted by molar-refractivity contribution is -0.123. The molecule has 6 heteroatoms. The van der Waals surface area contributed by atoms with Crippen LogP contribution in [0.2, 0.25) is 5.02 Å². The topological polar surface area (TPSA) is 56.1 Å². The molecule has 0 saturated heterocycles. The maximum Gasteiger partial charge on any atom is 0.257 e. The van der Waals surface area contributed by atoms with E-state index >= 15 is 0 Å². The smallest absolute Gasteiger partial charge is 0.257 e. The van der Waals surface area contributed by atoms with Crippen LogP contribution in [0, 0.1) is 0 Å². The summed E-state index contributed by atoms with van der Waals surface area (Å²) in [7, 11) is 0. The van der Waals surface area contributed by atoms with E-state index in [9.17, 15) is 4.79 Å². The van der Waals surface area contributed by atoms with Crippen molar-refractivity contribution in [3.63, 3.8) is 0 Å². The molecule has 1 heterocycles. The van der Waals surface area contributed by atoms with E-state index in [2.05, 4.69) is 10.4 Å². The first-order valence-corrected chi connectivity index (χ1v) is 6.28. The number of para-hydroxylation sites is 1. The van der Waals surface area contributed by atoms with E-state index in [1.54, 1.807) is 10.9 Å². The van der Waals surface area contributed by atoms with Gasteiger partial charge >= 0.3 is 0 Å². The summed E-state index contributed by atoms with van der Waals surface area (Å²) >= 11 is 6.02. The number of amides is 1. The summed E-state index contributed by atoms with van der Waals surface area (Å²) in [4.78, 5) is 11.3. The minimum absolute atomic E-state index is 0.0979. The Morgan fingerprint density at radius 3 is 2.84 bits per heavy atom. The Balaban J connectivity index is 2.07. The van der Waals surface area contributed by atoms with E-state index < -0.39 is 0 Å². The van der Waals surface area contributed by atoms with Crippen LogP contribution >= 0.6 is 11.6 Å². The van der Waals surface area contributed by atoms with Crippen molar-refractivity contribution in [2.24, 2.45) is 0 Å². The first-order valence-electron chi connectivity index (χ1n) is 5.90. The highest BCUT2D eigenvalue weighted by Gasteiger charge is 2.11. The van der Waals surface area contributed by atoms with Crippen LogP contribution in [0.4, 0.5) is 0 Å². The number of carbonyl (C=O) groups is 1. The molecule has 0 saturated carbocycles. The van der Waals surface area contributed by atoms with E-state index in [1.807, 2.05) is 37.3 Å². The van der Waals surface area contributed by atoms with Crippen LogP contribution in [0.25, 0.3) is 5.69 Å². The SMILES string of the molecule is CCNC(=O)COc1nn(-c2ccccc2)cc1Cl. The molecule has 1 amide bonds. The normalized spacial score (nSPS) is 10.2. The predicted octanol–water partition coefficient (Wildman–Crippen LogP) is 2.04. The van der Waals surface area contributed by atoms with Crippen molar-refractivity contribution in [2.45, 2.75) is 6.92 Å². The van der Waals surface area contributed by atoms with Crippen LogP contribution in [-0.2, 0) is 4.79 Å². The summed E-state index contributed by atoms with van der Waals surface area (Å²) in [6, 6.07) is 9.52. The zero-order valence-corrected chi connectivity index (χ0v) is 11.2. The number of nitrogens with zero attached hydrogens (tertiary/aromatic N) is 2. The first kappa shape index (κ1) is 13.4. The molecule has 0 radical (unpaired) electrons. The molecule has 0 fully saturated rings. The van der Waals surface area contributed by atoms with Crippen LogP contribution in [0.3, 0.4) is 0 Å². The zero-order chi connectivity index (χ0) is 13.7. The van der Waals surface area contributed by atoms with Gasteiger partial charge in [0.25, 0.3) is 11.8 Å². The number of rotatable bonds is 5. The van der Waals surface area contributed by atoms with Crippen molar-refractivity contribution in [3.05, 3.63) is 41.6 Å². The number of hydrogen-bond acceptors (Lipinski definition) is 3. The third kappa shape index (κ3) is 3.48. The van der Waals surface area contributed by atoms with Gasteiger partial charge in [0.15, 0.2) is 6.61 Å². The fraction of sp³-hybridized carbons (Fsp3) is 0.231. The quantitative estimate of drug-likeness (QED) is 0.911. The molecular weight excluding hydrogens is 266 g/mol. The van der Waals surface area contributed by atoms with Gasteiger partial charge in [-0.05, 0) is 19.1 Å². The summed E-state index contributed by atoms with van der Waals surface area (Å²) in [6.45, 7) is 2.31. The predicted molar refractivity (Wildman–Crippen MR) is 72.8 cm³/mol. The molecule has 0 unspecified atom stereocenters. The third-order valence-electron chi connectivity index (χ3n) is 2.37. The van der Waals surface area contributed by atoms with Crippen LogP contribution in [0.15, 0.2) is 36.5 Å². The van der Waals surface area contributed by atoms with Gasteiger partial charge in [0.2, 0.25) is 0 Å². The Morgan fingerprint density at radius 2 is 2.16 bits per heavy atom. The van der Waals surface area contributed by atoms with Gasteiger partial charge in [-0.3, -0.25) is 4.79 Å². The molecule has 0 spiro atoms. The van der Waals surface area contributed by atoms with Gasteiger partial charge in [0, 0.05) is 6.54 Å². The molecule has 19 heavy (non-hydrogen) atoms. The molecule has 2 aromatic rings. The highest BCUT2D eigenvalue weighted by atomic mass is 35.5. The molecule has 1 aromatic carbocycles. The summed E-state index contributed by atoms with van der Waals surface area (Å²) in [6.07, 6.45) is 1.64. The van der Waals surface area contributed by atoms with E-state index in [-0.39, 0.29) is 18.4 Å². The summed E-state index contributed by atoms with van der Waals surface area (Å²) in [5, 5.41) is 7.20. The number of hydrogen-bond donors (Lipinski definition) is 1. The Labute approximate surface area is 116 Å². The molecule has 5 nitrogen and oxygen atoms in total. The minimum Gasteiger partial charge on any atom is -0.465 e. The standard InChI is InChI=1S/C13H14ClN3O2/c1-2-15-12(18)9-19-13-11(14)8-17(16-13)10-6-4-3-5-7-10/h3-8H,2,9H2,1H3,(H,15,18). The lowest BCUT2D eigenvalue weighted by Crippen LogP contribution is -2.28. The van der Waals surface area contributed by atoms with E-state index in [0.29, 0.717) is 11.6 Å². The summed E-state index contributed by atoms with van der Waals surface area (Å²) < 4.78 is 6.88. The number of benzene rings is 1. The van der Waals surface area contributed by atoms with Crippen LogP contribution in [0.5, 0.6) is 5.88 Å². The van der Waals surface area contributed by atoms with Crippen molar-refractivity contribution in [1.29, 1.82) is 0 Å². The Hall–Kier alpha value is -2.01. The van der Waals surface area contributed by atoms with Crippen molar-refractivity contribution < 1.29 is 9.53 Å². The second-order valence-electron chi connectivity index (χ2n) is 3.80. The molecule has 1 N–H and O–H groups in total. The average Bonchev–Trinajstić information content (AvgIpc) is 2.79. The molecule has 0 aliphatic carbocycles. The number of carbonyl (C=O) groups excluding carboxylic acids is 1. The molecular formula is C13H14ClN3O2. The number of aromatic nitrogens is 2. The van der Waals surface area contributed by atoms with E-state index in [4.69, 9.17) is 16.3 Å². The molecule has 0 aliphatic rings. The molecule has 0 bridgehead atoms. The van der Waals surface area contributed by atoms with Crippen LogP contribution in [-0.4, -0.2) is 28.8 Å². The number of ether oxygens (including phenoxy) is 1. The summed E-state index contributed by atoms with van der Waals surface area (Å²) in [5.74, 6) is 0.0459. The van der Waals surface area contributed by atoms with Crippen molar-refractivity contribution in [1.82, 2.24) is 15.1 Å². The van der Waals surface area contributed by atoms with Crippen LogP contribution in [0.1, 0.15) is 6.92 Å². The molecule has 2 rings (SSSR count). The van der Waals surface area contributed by atoms with Crippen molar-refractivity contribution in [2.75, 3.05) is 13.2 Å². The van der Waals surface area contributed by atoms with Crippen LogP contribution < -0.4 is 10.1 Å². The highest BCUT2D eigenvalue weighted by molar-refractivity contribution is 6.31. The van der Waals surface area contributed by atoms with E-state index in [1.165, 1.54) is 0 Å². The Kier molecular flexibility index (Phi) is 4.41. The second kappa shape index (κ2) is 6.24.